The fourth-order valence-corrected chi connectivity index (χ4v) is 3.46. The number of rotatable bonds is 5. The topological polar surface area (TPSA) is 12.0 Å². The second kappa shape index (κ2) is 6.04. The van der Waals surface area contributed by atoms with Gasteiger partial charge in [0.25, 0.3) is 0 Å². The van der Waals surface area contributed by atoms with Gasteiger partial charge < -0.3 is 5.32 Å². The number of nitrogens with one attached hydrogen (secondary N) is 1. The van der Waals surface area contributed by atoms with Crippen LogP contribution in [0.1, 0.15) is 63.1 Å². The van der Waals surface area contributed by atoms with Gasteiger partial charge in [-0.3, -0.25) is 0 Å². The summed E-state index contributed by atoms with van der Waals surface area (Å²) in [5.74, 6) is -0.111. The molecule has 2 rings (SSSR count). The van der Waals surface area contributed by atoms with Crippen molar-refractivity contribution in [1.82, 2.24) is 5.32 Å². The van der Waals surface area contributed by atoms with E-state index in [4.69, 9.17) is 0 Å². The molecule has 0 saturated heterocycles. The van der Waals surface area contributed by atoms with Crippen molar-refractivity contribution in [2.75, 3.05) is 6.54 Å². The SMILES string of the molecule is CCCNC(c1cc(C)cc(F)c1)C1(C)CCCC1. The molecule has 1 aliphatic carbocycles. The molecule has 1 fully saturated rings. The molecule has 0 spiro atoms. The molecule has 0 heterocycles. The molecule has 1 saturated carbocycles. The Morgan fingerprint density at radius 1 is 1.26 bits per heavy atom. The van der Waals surface area contributed by atoms with Gasteiger partial charge in [0.05, 0.1) is 0 Å². The molecular formula is C17H26FN. The molecule has 0 aliphatic heterocycles. The van der Waals surface area contributed by atoms with E-state index in [0.717, 1.165) is 24.1 Å². The van der Waals surface area contributed by atoms with Gasteiger partial charge in [0.2, 0.25) is 0 Å². The average molecular weight is 263 g/mol. The van der Waals surface area contributed by atoms with E-state index in [9.17, 15) is 4.39 Å². The molecule has 1 atom stereocenters. The van der Waals surface area contributed by atoms with Gasteiger partial charge in [0, 0.05) is 6.04 Å². The maximum Gasteiger partial charge on any atom is 0.123 e. The van der Waals surface area contributed by atoms with E-state index >= 15 is 0 Å². The first-order valence-corrected chi connectivity index (χ1v) is 7.55. The second-order valence-corrected chi connectivity index (χ2v) is 6.31. The highest BCUT2D eigenvalue weighted by Gasteiger charge is 2.37. The maximum atomic E-state index is 13.7. The van der Waals surface area contributed by atoms with Crippen LogP contribution in [0.15, 0.2) is 18.2 Å². The summed E-state index contributed by atoms with van der Waals surface area (Å²) in [5.41, 5.74) is 2.41. The van der Waals surface area contributed by atoms with Gasteiger partial charge in [-0.05, 0) is 61.4 Å². The fourth-order valence-electron chi connectivity index (χ4n) is 3.46. The molecule has 0 amide bonds. The summed E-state index contributed by atoms with van der Waals surface area (Å²) in [6.45, 7) is 7.50. The lowest BCUT2D eigenvalue weighted by Crippen LogP contribution is -2.35. The van der Waals surface area contributed by atoms with E-state index < -0.39 is 0 Å². The highest BCUT2D eigenvalue weighted by Crippen LogP contribution is 2.47. The lowest BCUT2D eigenvalue weighted by Gasteiger charge is -2.35. The summed E-state index contributed by atoms with van der Waals surface area (Å²) in [6.07, 6.45) is 6.19. The van der Waals surface area contributed by atoms with Crippen molar-refractivity contribution in [3.05, 3.63) is 35.1 Å². The van der Waals surface area contributed by atoms with E-state index in [-0.39, 0.29) is 17.3 Å². The number of hydrogen-bond donors (Lipinski definition) is 1. The monoisotopic (exact) mass is 263 g/mol. The minimum absolute atomic E-state index is 0.111. The Kier molecular flexibility index (Phi) is 4.62. The predicted molar refractivity (Wildman–Crippen MR) is 78.7 cm³/mol. The molecule has 1 aliphatic rings. The molecule has 1 aromatic carbocycles. The zero-order chi connectivity index (χ0) is 13.9. The summed E-state index contributed by atoms with van der Waals surface area (Å²) < 4.78 is 13.7. The van der Waals surface area contributed by atoms with Crippen molar-refractivity contribution in [1.29, 1.82) is 0 Å². The minimum atomic E-state index is -0.111. The highest BCUT2D eigenvalue weighted by molar-refractivity contribution is 5.28. The van der Waals surface area contributed by atoms with Crippen molar-refractivity contribution in [3.63, 3.8) is 0 Å². The van der Waals surface area contributed by atoms with Gasteiger partial charge >= 0.3 is 0 Å². The molecule has 0 radical (unpaired) electrons. The zero-order valence-electron chi connectivity index (χ0n) is 12.4. The first-order chi connectivity index (χ1) is 9.05. The molecule has 1 N–H and O–H groups in total. The number of benzene rings is 1. The summed E-state index contributed by atoms with van der Waals surface area (Å²) in [6, 6.07) is 5.74. The Morgan fingerprint density at radius 3 is 2.53 bits per heavy atom. The smallest absolute Gasteiger partial charge is 0.123 e. The van der Waals surface area contributed by atoms with Crippen LogP contribution in [0.5, 0.6) is 0 Å². The van der Waals surface area contributed by atoms with Gasteiger partial charge in [-0.15, -0.1) is 0 Å². The first kappa shape index (κ1) is 14.5. The van der Waals surface area contributed by atoms with Gasteiger partial charge in [-0.25, -0.2) is 4.39 Å². The fraction of sp³-hybridized carbons (Fsp3) is 0.647. The summed E-state index contributed by atoms with van der Waals surface area (Å²) in [4.78, 5) is 0. The molecule has 2 heteroatoms. The lowest BCUT2D eigenvalue weighted by molar-refractivity contribution is 0.223. The largest absolute Gasteiger partial charge is 0.309 e. The zero-order valence-corrected chi connectivity index (χ0v) is 12.4. The summed E-state index contributed by atoms with van der Waals surface area (Å²) in [7, 11) is 0. The molecule has 0 bridgehead atoms. The Morgan fingerprint density at radius 2 is 1.95 bits per heavy atom. The van der Waals surface area contributed by atoms with Crippen molar-refractivity contribution in [2.45, 2.75) is 58.9 Å². The molecule has 19 heavy (non-hydrogen) atoms. The molecule has 0 aromatic heterocycles. The van der Waals surface area contributed by atoms with Crippen LogP contribution in [-0.2, 0) is 0 Å². The Hall–Kier alpha value is -0.890. The normalized spacial score (nSPS) is 19.6. The van der Waals surface area contributed by atoms with Crippen LogP contribution in [0, 0.1) is 18.2 Å². The van der Waals surface area contributed by atoms with Crippen LogP contribution in [-0.4, -0.2) is 6.54 Å². The Balaban J connectivity index is 2.30. The molecular weight excluding hydrogens is 237 g/mol. The molecule has 1 unspecified atom stereocenters. The van der Waals surface area contributed by atoms with Crippen LogP contribution in [0.3, 0.4) is 0 Å². The molecule has 106 valence electrons. The van der Waals surface area contributed by atoms with E-state index in [1.807, 2.05) is 6.92 Å². The number of halogens is 1. The number of aryl methyl sites for hydroxylation is 1. The third-order valence-corrected chi connectivity index (χ3v) is 4.44. The predicted octanol–water partition coefficient (Wildman–Crippen LogP) is 4.76. The maximum absolute atomic E-state index is 13.7. The average Bonchev–Trinajstić information content (AvgIpc) is 2.76. The van der Waals surface area contributed by atoms with E-state index in [2.05, 4.69) is 25.2 Å². The van der Waals surface area contributed by atoms with Crippen LogP contribution < -0.4 is 5.32 Å². The second-order valence-electron chi connectivity index (χ2n) is 6.31. The van der Waals surface area contributed by atoms with E-state index in [1.165, 1.54) is 25.7 Å². The van der Waals surface area contributed by atoms with Gasteiger partial charge in [0.15, 0.2) is 0 Å². The molecule has 1 nitrogen and oxygen atoms in total. The van der Waals surface area contributed by atoms with Gasteiger partial charge in [-0.1, -0.05) is 32.8 Å². The standard InChI is InChI=1S/C17H26FN/c1-4-9-19-16(17(3)7-5-6-8-17)14-10-13(2)11-15(18)12-14/h10-12,16,19H,4-9H2,1-3H3. The van der Waals surface area contributed by atoms with Crippen LogP contribution >= 0.6 is 0 Å². The third kappa shape index (κ3) is 3.36. The first-order valence-electron chi connectivity index (χ1n) is 7.55. The van der Waals surface area contributed by atoms with Crippen molar-refractivity contribution < 1.29 is 4.39 Å². The minimum Gasteiger partial charge on any atom is -0.309 e. The third-order valence-electron chi connectivity index (χ3n) is 4.44. The van der Waals surface area contributed by atoms with Crippen molar-refractivity contribution >= 4 is 0 Å². The van der Waals surface area contributed by atoms with Crippen LogP contribution in [0.2, 0.25) is 0 Å². The van der Waals surface area contributed by atoms with E-state index in [1.54, 1.807) is 12.1 Å². The van der Waals surface area contributed by atoms with Gasteiger partial charge in [0.1, 0.15) is 5.82 Å². The van der Waals surface area contributed by atoms with Crippen LogP contribution in [0.25, 0.3) is 0 Å². The Bertz CT molecular complexity index is 401. The van der Waals surface area contributed by atoms with Crippen LogP contribution in [0.4, 0.5) is 4.39 Å². The molecule has 1 aromatic rings. The summed E-state index contributed by atoms with van der Waals surface area (Å²) in [5, 5.41) is 3.66. The summed E-state index contributed by atoms with van der Waals surface area (Å²) >= 11 is 0. The van der Waals surface area contributed by atoms with Crippen molar-refractivity contribution in [3.8, 4) is 0 Å². The van der Waals surface area contributed by atoms with E-state index in [0.29, 0.717) is 0 Å². The lowest BCUT2D eigenvalue weighted by atomic mass is 9.77. The quantitative estimate of drug-likeness (QED) is 0.808. The highest BCUT2D eigenvalue weighted by atomic mass is 19.1. The van der Waals surface area contributed by atoms with Crippen molar-refractivity contribution in [2.24, 2.45) is 5.41 Å². The Labute approximate surface area is 116 Å². The number of hydrogen-bond acceptors (Lipinski definition) is 1. The van der Waals surface area contributed by atoms with Gasteiger partial charge in [-0.2, -0.15) is 0 Å².